The summed E-state index contributed by atoms with van der Waals surface area (Å²) in [6.45, 7) is 0.424. The number of thioether (sulfide) groups is 1. The summed E-state index contributed by atoms with van der Waals surface area (Å²) in [6.07, 6.45) is 0. The predicted molar refractivity (Wildman–Crippen MR) is 118 cm³/mol. The molecule has 9 heteroatoms. The molecule has 0 unspecified atom stereocenters. The van der Waals surface area contributed by atoms with Crippen LogP contribution in [0.25, 0.3) is 16.9 Å². The highest BCUT2D eigenvalue weighted by Gasteiger charge is 2.13. The molecule has 1 N–H and O–H groups in total. The second-order valence-corrected chi connectivity index (χ2v) is 7.53. The van der Waals surface area contributed by atoms with Gasteiger partial charge in [0.2, 0.25) is 11.1 Å². The Balaban J connectivity index is 1.44. The predicted octanol–water partition coefficient (Wildman–Crippen LogP) is 3.22. The second kappa shape index (κ2) is 9.48. The number of fused-ring (bicyclic) bond motifs is 1. The lowest BCUT2D eigenvalue weighted by Gasteiger charge is -2.08. The van der Waals surface area contributed by atoms with Crippen molar-refractivity contribution in [1.82, 2.24) is 25.1 Å². The maximum absolute atomic E-state index is 12.3. The number of rotatable bonds is 8. The van der Waals surface area contributed by atoms with Crippen molar-refractivity contribution in [1.29, 1.82) is 0 Å². The first kappa shape index (κ1) is 20.7. The molecule has 8 nitrogen and oxygen atoms in total. The van der Waals surface area contributed by atoms with Gasteiger partial charge in [-0.1, -0.05) is 36.0 Å². The number of carbonyl (C=O) groups is 1. The quantitative estimate of drug-likeness (QED) is 0.425. The van der Waals surface area contributed by atoms with E-state index in [1.165, 1.54) is 11.8 Å². The van der Waals surface area contributed by atoms with Gasteiger partial charge < -0.3 is 14.8 Å². The van der Waals surface area contributed by atoms with E-state index in [1.54, 1.807) is 18.7 Å². The third-order valence-corrected chi connectivity index (χ3v) is 5.49. The molecule has 0 radical (unpaired) electrons. The van der Waals surface area contributed by atoms with Crippen molar-refractivity contribution in [2.45, 2.75) is 11.7 Å². The monoisotopic (exact) mass is 435 g/mol. The van der Waals surface area contributed by atoms with E-state index in [2.05, 4.69) is 20.6 Å². The molecule has 31 heavy (non-hydrogen) atoms. The lowest BCUT2D eigenvalue weighted by molar-refractivity contribution is -0.118. The first-order valence-electron chi connectivity index (χ1n) is 9.56. The zero-order chi connectivity index (χ0) is 21.6. The van der Waals surface area contributed by atoms with E-state index in [4.69, 9.17) is 9.47 Å². The van der Waals surface area contributed by atoms with Crippen molar-refractivity contribution in [3.63, 3.8) is 0 Å². The first-order chi connectivity index (χ1) is 15.2. The van der Waals surface area contributed by atoms with E-state index in [0.717, 1.165) is 28.3 Å². The Hall–Kier alpha value is -3.59. The van der Waals surface area contributed by atoms with E-state index in [1.807, 2.05) is 60.7 Å². The average molecular weight is 436 g/mol. The SMILES string of the molecule is COc1cccc(CNC(=O)CSc2nnc3ccc(-c4ccccc4OC)nn23)c1. The van der Waals surface area contributed by atoms with E-state index in [0.29, 0.717) is 17.3 Å². The molecule has 4 rings (SSSR count). The van der Waals surface area contributed by atoms with Gasteiger partial charge in [0.15, 0.2) is 5.65 Å². The Morgan fingerprint density at radius 2 is 1.90 bits per heavy atom. The first-order valence-corrected chi connectivity index (χ1v) is 10.5. The van der Waals surface area contributed by atoms with Gasteiger partial charge in [-0.05, 0) is 42.0 Å². The third kappa shape index (κ3) is 4.77. The smallest absolute Gasteiger partial charge is 0.230 e. The molecule has 2 aromatic carbocycles. The van der Waals surface area contributed by atoms with Gasteiger partial charge in [-0.3, -0.25) is 4.79 Å². The molecule has 0 fully saturated rings. The van der Waals surface area contributed by atoms with Crippen LogP contribution in [0.15, 0.2) is 65.8 Å². The number of hydrogen-bond acceptors (Lipinski definition) is 7. The Morgan fingerprint density at radius 1 is 1.03 bits per heavy atom. The van der Waals surface area contributed by atoms with Crippen molar-refractivity contribution >= 4 is 23.3 Å². The minimum Gasteiger partial charge on any atom is -0.497 e. The lowest BCUT2D eigenvalue weighted by atomic mass is 10.1. The number of nitrogens with zero attached hydrogens (tertiary/aromatic N) is 4. The summed E-state index contributed by atoms with van der Waals surface area (Å²) < 4.78 is 12.3. The zero-order valence-electron chi connectivity index (χ0n) is 17.1. The summed E-state index contributed by atoms with van der Waals surface area (Å²) in [5.74, 6) is 1.58. The summed E-state index contributed by atoms with van der Waals surface area (Å²) >= 11 is 1.28. The van der Waals surface area contributed by atoms with Crippen LogP contribution in [0.1, 0.15) is 5.56 Å². The third-order valence-electron chi connectivity index (χ3n) is 4.57. The van der Waals surface area contributed by atoms with Crippen LogP contribution in [0.4, 0.5) is 0 Å². The Morgan fingerprint density at radius 3 is 2.74 bits per heavy atom. The van der Waals surface area contributed by atoms with Crippen LogP contribution >= 0.6 is 11.8 Å². The lowest BCUT2D eigenvalue weighted by Crippen LogP contribution is -2.24. The Bertz CT molecular complexity index is 1210. The summed E-state index contributed by atoms with van der Waals surface area (Å²) in [5.41, 5.74) is 3.17. The Labute approximate surface area is 183 Å². The van der Waals surface area contributed by atoms with Crippen molar-refractivity contribution in [3.8, 4) is 22.8 Å². The zero-order valence-corrected chi connectivity index (χ0v) is 17.9. The Kier molecular flexibility index (Phi) is 6.32. The number of aromatic nitrogens is 4. The molecular formula is C22H21N5O3S. The van der Waals surface area contributed by atoms with Gasteiger partial charge in [-0.15, -0.1) is 10.2 Å². The maximum Gasteiger partial charge on any atom is 0.230 e. The molecule has 0 saturated carbocycles. The van der Waals surface area contributed by atoms with Crippen LogP contribution in [0.2, 0.25) is 0 Å². The fourth-order valence-electron chi connectivity index (χ4n) is 3.02. The van der Waals surface area contributed by atoms with Gasteiger partial charge in [-0.2, -0.15) is 9.61 Å². The number of benzene rings is 2. The van der Waals surface area contributed by atoms with Gasteiger partial charge >= 0.3 is 0 Å². The van der Waals surface area contributed by atoms with E-state index < -0.39 is 0 Å². The normalized spacial score (nSPS) is 10.8. The van der Waals surface area contributed by atoms with Crippen LogP contribution < -0.4 is 14.8 Å². The van der Waals surface area contributed by atoms with Gasteiger partial charge in [0.1, 0.15) is 11.5 Å². The average Bonchev–Trinajstić information content (AvgIpc) is 3.23. The fraction of sp³-hybridized carbons (Fsp3) is 0.182. The number of hydrogen-bond donors (Lipinski definition) is 1. The summed E-state index contributed by atoms with van der Waals surface area (Å²) in [7, 11) is 3.24. The molecule has 0 aliphatic heterocycles. The molecule has 0 atom stereocenters. The topological polar surface area (TPSA) is 90.6 Å². The van der Waals surface area contributed by atoms with Crippen LogP contribution in [-0.2, 0) is 11.3 Å². The minimum absolute atomic E-state index is 0.106. The van der Waals surface area contributed by atoms with Gasteiger partial charge in [0.05, 0.1) is 25.7 Å². The largest absolute Gasteiger partial charge is 0.497 e. The molecule has 2 aromatic heterocycles. The highest BCUT2D eigenvalue weighted by molar-refractivity contribution is 7.99. The molecule has 158 valence electrons. The van der Waals surface area contributed by atoms with Crippen molar-refractivity contribution < 1.29 is 14.3 Å². The van der Waals surface area contributed by atoms with Crippen LogP contribution in [0.5, 0.6) is 11.5 Å². The number of methoxy groups -OCH3 is 2. The van der Waals surface area contributed by atoms with Crippen molar-refractivity contribution in [2.24, 2.45) is 0 Å². The second-order valence-electron chi connectivity index (χ2n) is 6.59. The highest BCUT2D eigenvalue weighted by Crippen LogP contribution is 2.28. The van der Waals surface area contributed by atoms with E-state index in [-0.39, 0.29) is 11.7 Å². The molecule has 0 saturated heterocycles. The maximum atomic E-state index is 12.3. The summed E-state index contributed by atoms with van der Waals surface area (Å²) in [4.78, 5) is 12.3. The number of nitrogens with one attached hydrogen (secondary N) is 1. The molecule has 0 bridgehead atoms. The molecule has 0 aliphatic carbocycles. The van der Waals surface area contributed by atoms with Gasteiger partial charge in [0.25, 0.3) is 0 Å². The number of ether oxygens (including phenoxy) is 2. The molecule has 2 heterocycles. The van der Waals surface area contributed by atoms with Gasteiger partial charge in [0, 0.05) is 12.1 Å². The molecule has 4 aromatic rings. The van der Waals surface area contributed by atoms with E-state index >= 15 is 0 Å². The molecular weight excluding hydrogens is 414 g/mol. The highest BCUT2D eigenvalue weighted by atomic mass is 32.2. The van der Waals surface area contributed by atoms with Crippen LogP contribution in [-0.4, -0.2) is 45.7 Å². The fourth-order valence-corrected chi connectivity index (χ4v) is 3.74. The van der Waals surface area contributed by atoms with E-state index in [9.17, 15) is 4.79 Å². The number of amides is 1. The molecule has 0 spiro atoms. The standard InChI is InChI=1S/C22H21N5O3S/c1-29-16-7-5-6-15(12-16)13-23-21(28)14-31-22-25-24-20-11-10-18(26-27(20)22)17-8-3-4-9-19(17)30-2/h3-12H,13-14H2,1-2H3,(H,23,28). The summed E-state index contributed by atoms with van der Waals surface area (Å²) in [5, 5.41) is 16.4. The summed E-state index contributed by atoms with van der Waals surface area (Å²) in [6, 6.07) is 19.0. The minimum atomic E-state index is -0.106. The van der Waals surface area contributed by atoms with Crippen molar-refractivity contribution in [2.75, 3.05) is 20.0 Å². The number of para-hydroxylation sites is 1. The van der Waals surface area contributed by atoms with Crippen LogP contribution in [0, 0.1) is 0 Å². The molecule has 0 aliphatic rings. The van der Waals surface area contributed by atoms with Gasteiger partial charge in [-0.25, -0.2) is 0 Å². The molecule has 1 amide bonds. The van der Waals surface area contributed by atoms with Crippen LogP contribution in [0.3, 0.4) is 0 Å². The van der Waals surface area contributed by atoms with Crippen molar-refractivity contribution in [3.05, 3.63) is 66.2 Å². The number of carbonyl (C=O) groups excluding carboxylic acids is 1.